The van der Waals surface area contributed by atoms with Crippen LogP contribution in [0.15, 0.2) is 24.3 Å². The van der Waals surface area contributed by atoms with Crippen molar-refractivity contribution < 1.29 is 24.2 Å². The van der Waals surface area contributed by atoms with Crippen LogP contribution in [0.2, 0.25) is 0 Å². The van der Waals surface area contributed by atoms with E-state index in [1.54, 1.807) is 0 Å². The van der Waals surface area contributed by atoms with Crippen LogP contribution in [-0.4, -0.2) is 36.2 Å². The Hall–Kier alpha value is -2.08. The van der Waals surface area contributed by atoms with Crippen molar-refractivity contribution in [1.29, 1.82) is 0 Å². The molecule has 3 aliphatic rings. The van der Waals surface area contributed by atoms with Gasteiger partial charge in [-0.05, 0) is 48.0 Å². The molecule has 6 nitrogen and oxygen atoms in total. The summed E-state index contributed by atoms with van der Waals surface area (Å²) >= 11 is 0. The number of carboxylic acid groups (broad SMARTS) is 1. The standard InChI is InChI=1S/C24H33NO5/c1-14(2)21(28)25-22-23(3,4)15-11-17-20(29-10-9-24(17,22)12-15)16-7-5-6-8-18(16)30-13-19(26)27/h5-8,14-15,17,20,22H,9-13H2,1-4H3,(H,25,28)(H,26,27)/t15-,17-,20-,22+,24-/m1/s1. The number of para-hydroxylation sites is 1. The number of aliphatic carboxylic acids is 1. The second kappa shape index (κ2) is 7.56. The van der Waals surface area contributed by atoms with Gasteiger partial charge in [0.1, 0.15) is 5.75 Å². The van der Waals surface area contributed by atoms with Crippen molar-refractivity contribution in [1.82, 2.24) is 5.32 Å². The number of fused-ring (bicyclic) bond motifs is 1. The molecule has 2 saturated carbocycles. The quantitative estimate of drug-likeness (QED) is 0.738. The van der Waals surface area contributed by atoms with Crippen LogP contribution in [-0.2, 0) is 14.3 Å². The van der Waals surface area contributed by atoms with Gasteiger partial charge < -0.3 is 19.9 Å². The molecule has 1 saturated heterocycles. The molecule has 1 aromatic carbocycles. The van der Waals surface area contributed by atoms with Gasteiger partial charge in [-0.25, -0.2) is 4.79 Å². The molecule has 0 radical (unpaired) electrons. The first kappa shape index (κ1) is 21.2. The van der Waals surface area contributed by atoms with Crippen LogP contribution in [0.5, 0.6) is 5.75 Å². The summed E-state index contributed by atoms with van der Waals surface area (Å²) in [7, 11) is 0. The number of carbonyl (C=O) groups is 2. The normalized spacial score (nSPS) is 33.9. The van der Waals surface area contributed by atoms with Gasteiger partial charge in [-0.2, -0.15) is 0 Å². The fourth-order valence-electron chi connectivity index (χ4n) is 6.39. The summed E-state index contributed by atoms with van der Waals surface area (Å²) in [5.41, 5.74) is 0.964. The molecule has 4 rings (SSSR count). The number of carboxylic acids is 1. The molecule has 1 aromatic rings. The predicted octanol–water partition coefficient (Wildman–Crippen LogP) is 3.80. The minimum Gasteiger partial charge on any atom is -0.482 e. The molecule has 1 aliphatic heterocycles. The Morgan fingerprint density at radius 3 is 2.73 bits per heavy atom. The first-order chi connectivity index (χ1) is 14.2. The molecular formula is C24H33NO5. The Balaban J connectivity index is 1.67. The lowest BCUT2D eigenvalue weighted by molar-refractivity contribution is -0.140. The Bertz CT molecular complexity index is 835. The summed E-state index contributed by atoms with van der Waals surface area (Å²) in [5, 5.41) is 12.4. The van der Waals surface area contributed by atoms with Crippen LogP contribution in [0.25, 0.3) is 0 Å². The summed E-state index contributed by atoms with van der Waals surface area (Å²) in [4.78, 5) is 23.7. The summed E-state index contributed by atoms with van der Waals surface area (Å²) in [6, 6.07) is 7.72. The number of rotatable bonds is 6. The van der Waals surface area contributed by atoms with E-state index in [1.807, 2.05) is 38.1 Å². The number of ether oxygens (including phenoxy) is 2. The molecule has 1 amide bonds. The maximum absolute atomic E-state index is 12.7. The first-order valence-electron chi connectivity index (χ1n) is 11.0. The van der Waals surface area contributed by atoms with Crippen molar-refractivity contribution >= 4 is 11.9 Å². The van der Waals surface area contributed by atoms with E-state index in [1.165, 1.54) is 0 Å². The molecule has 2 bridgehead atoms. The van der Waals surface area contributed by atoms with Gasteiger partial charge in [0, 0.05) is 24.1 Å². The lowest BCUT2D eigenvalue weighted by Gasteiger charge is -2.53. The van der Waals surface area contributed by atoms with E-state index in [0.717, 1.165) is 24.8 Å². The molecular weight excluding hydrogens is 382 g/mol. The molecule has 2 aliphatic carbocycles. The Kier molecular flexibility index (Phi) is 5.33. The summed E-state index contributed by atoms with van der Waals surface area (Å²) in [5.74, 6) is 0.445. The third-order valence-electron chi connectivity index (χ3n) is 7.89. The van der Waals surface area contributed by atoms with E-state index in [0.29, 0.717) is 18.3 Å². The summed E-state index contributed by atoms with van der Waals surface area (Å²) in [6.45, 7) is 8.72. The number of amides is 1. The molecule has 1 heterocycles. The van der Waals surface area contributed by atoms with E-state index < -0.39 is 5.97 Å². The molecule has 3 fully saturated rings. The SMILES string of the molecule is CC(C)C(=O)N[C@H]1C(C)(C)[C@@H]2C[C@@H]3[C@@H](c4ccccc4OCC(=O)O)OCC[C@@]31C2. The lowest BCUT2D eigenvalue weighted by atomic mass is 9.58. The number of carbonyl (C=O) groups excluding carboxylic acids is 1. The van der Waals surface area contributed by atoms with Gasteiger partial charge in [-0.15, -0.1) is 0 Å². The van der Waals surface area contributed by atoms with Crippen molar-refractivity contribution in [3.8, 4) is 5.75 Å². The highest BCUT2D eigenvalue weighted by Crippen LogP contribution is 2.70. The number of hydrogen-bond acceptors (Lipinski definition) is 4. The molecule has 0 aromatic heterocycles. The van der Waals surface area contributed by atoms with Gasteiger partial charge >= 0.3 is 5.97 Å². The van der Waals surface area contributed by atoms with Crippen LogP contribution >= 0.6 is 0 Å². The third kappa shape index (κ3) is 3.29. The van der Waals surface area contributed by atoms with E-state index in [4.69, 9.17) is 14.6 Å². The zero-order valence-electron chi connectivity index (χ0n) is 18.3. The molecule has 1 spiro atoms. The van der Waals surface area contributed by atoms with Crippen molar-refractivity contribution in [3.05, 3.63) is 29.8 Å². The topological polar surface area (TPSA) is 84.9 Å². The Morgan fingerprint density at radius 2 is 2.03 bits per heavy atom. The van der Waals surface area contributed by atoms with Gasteiger partial charge in [-0.1, -0.05) is 45.9 Å². The van der Waals surface area contributed by atoms with Crippen molar-refractivity contribution in [2.45, 2.75) is 59.1 Å². The first-order valence-corrected chi connectivity index (χ1v) is 11.0. The minimum atomic E-state index is -0.996. The molecule has 2 N–H and O–H groups in total. The average molecular weight is 416 g/mol. The largest absolute Gasteiger partial charge is 0.482 e. The maximum atomic E-state index is 12.7. The predicted molar refractivity (Wildman–Crippen MR) is 112 cm³/mol. The number of nitrogens with one attached hydrogen (secondary N) is 1. The fourth-order valence-corrected chi connectivity index (χ4v) is 6.39. The fraction of sp³-hybridized carbons (Fsp3) is 0.667. The highest BCUT2D eigenvalue weighted by atomic mass is 16.5. The minimum absolute atomic E-state index is 0.00153. The zero-order valence-corrected chi connectivity index (χ0v) is 18.3. The van der Waals surface area contributed by atoms with Gasteiger partial charge in [0.15, 0.2) is 6.61 Å². The van der Waals surface area contributed by atoms with Crippen LogP contribution in [0.4, 0.5) is 0 Å². The second-order valence-corrected chi connectivity index (χ2v) is 10.2. The van der Waals surface area contributed by atoms with Crippen molar-refractivity contribution in [2.75, 3.05) is 13.2 Å². The number of hydrogen-bond donors (Lipinski definition) is 2. The molecule has 0 unspecified atom stereocenters. The van der Waals surface area contributed by atoms with E-state index in [2.05, 4.69) is 19.2 Å². The monoisotopic (exact) mass is 415 g/mol. The molecule has 6 heteroatoms. The maximum Gasteiger partial charge on any atom is 0.341 e. The van der Waals surface area contributed by atoms with Crippen molar-refractivity contribution in [2.24, 2.45) is 28.6 Å². The molecule has 164 valence electrons. The van der Waals surface area contributed by atoms with Crippen LogP contribution in [0.1, 0.15) is 58.6 Å². The van der Waals surface area contributed by atoms with E-state index in [-0.39, 0.29) is 47.3 Å². The Morgan fingerprint density at radius 1 is 1.30 bits per heavy atom. The van der Waals surface area contributed by atoms with Gasteiger partial charge in [0.2, 0.25) is 5.91 Å². The van der Waals surface area contributed by atoms with E-state index >= 15 is 0 Å². The summed E-state index contributed by atoms with van der Waals surface area (Å²) in [6.07, 6.45) is 2.95. The van der Waals surface area contributed by atoms with Gasteiger partial charge in [0.25, 0.3) is 0 Å². The van der Waals surface area contributed by atoms with Gasteiger partial charge in [0.05, 0.1) is 6.10 Å². The highest BCUT2D eigenvalue weighted by Gasteiger charge is 2.68. The highest BCUT2D eigenvalue weighted by molar-refractivity contribution is 5.78. The summed E-state index contributed by atoms with van der Waals surface area (Å²) < 4.78 is 11.9. The average Bonchev–Trinajstić information content (AvgIpc) is 3.19. The lowest BCUT2D eigenvalue weighted by Crippen LogP contribution is -2.59. The second-order valence-electron chi connectivity index (χ2n) is 10.2. The Labute approximate surface area is 178 Å². The third-order valence-corrected chi connectivity index (χ3v) is 7.89. The van der Waals surface area contributed by atoms with Gasteiger partial charge in [-0.3, -0.25) is 4.79 Å². The molecule has 5 atom stereocenters. The smallest absolute Gasteiger partial charge is 0.341 e. The van der Waals surface area contributed by atoms with Crippen LogP contribution < -0.4 is 10.1 Å². The van der Waals surface area contributed by atoms with E-state index in [9.17, 15) is 9.59 Å². The zero-order chi connectivity index (χ0) is 21.7. The number of benzene rings is 1. The van der Waals surface area contributed by atoms with Crippen molar-refractivity contribution in [3.63, 3.8) is 0 Å². The van der Waals surface area contributed by atoms with Crippen LogP contribution in [0, 0.1) is 28.6 Å². The molecule has 30 heavy (non-hydrogen) atoms. The van der Waals surface area contributed by atoms with Crippen LogP contribution in [0.3, 0.4) is 0 Å².